The highest BCUT2D eigenvalue weighted by atomic mass is 79.9. The number of rotatable bonds is 2. The normalized spacial score (nSPS) is 11.0. The third-order valence-corrected chi connectivity index (χ3v) is 4.52. The predicted molar refractivity (Wildman–Crippen MR) is 76.7 cm³/mol. The maximum atomic E-state index is 4.35. The van der Waals surface area contributed by atoms with Crippen LogP contribution < -0.4 is 0 Å². The van der Waals surface area contributed by atoms with Gasteiger partial charge >= 0.3 is 0 Å². The van der Waals surface area contributed by atoms with Crippen LogP contribution in [0.2, 0.25) is 0 Å². The van der Waals surface area contributed by atoms with Gasteiger partial charge in [-0.1, -0.05) is 6.07 Å². The highest BCUT2D eigenvalue weighted by molar-refractivity contribution is 9.11. The summed E-state index contributed by atoms with van der Waals surface area (Å²) in [6, 6.07) is 7.76. The van der Waals surface area contributed by atoms with Gasteiger partial charge in [-0.15, -0.1) is 10.2 Å². The van der Waals surface area contributed by atoms with Gasteiger partial charge < -0.3 is 0 Å². The van der Waals surface area contributed by atoms with E-state index in [2.05, 4.69) is 47.0 Å². The van der Waals surface area contributed by atoms with Crippen molar-refractivity contribution in [3.63, 3.8) is 0 Å². The van der Waals surface area contributed by atoms with Crippen LogP contribution in [0.15, 0.2) is 55.8 Å². The summed E-state index contributed by atoms with van der Waals surface area (Å²) in [5, 5.41) is 9.91. The van der Waals surface area contributed by atoms with Crippen LogP contribution >= 0.6 is 43.6 Å². The van der Waals surface area contributed by atoms with Gasteiger partial charge in [0.15, 0.2) is 5.65 Å². The van der Waals surface area contributed by atoms with Crippen molar-refractivity contribution < 1.29 is 0 Å². The predicted octanol–water partition coefficient (Wildman–Crippen LogP) is 3.80. The summed E-state index contributed by atoms with van der Waals surface area (Å²) in [6.45, 7) is 0. The van der Waals surface area contributed by atoms with E-state index in [0.717, 1.165) is 24.8 Å². The molecule has 7 heteroatoms. The molecule has 3 aromatic rings. The number of hydrogen-bond donors (Lipinski definition) is 0. The lowest BCUT2D eigenvalue weighted by Gasteiger charge is -2.02. The first-order valence-corrected chi connectivity index (χ1v) is 7.43. The molecule has 0 N–H and O–H groups in total. The van der Waals surface area contributed by atoms with Gasteiger partial charge in [-0.25, -0.2) is 4.98 Å². The monoisotopic (exact) mass is 384 g/mol. The maximum Gasteiger partial charge on any atom is 0.201 e. The molecule has 0 saturated carbocycles. The molecule has 0 aliphatic carbocycles. The van der Waals surface area contributed by atoms with Crippen LogP contribution in [-0.2, 0) is 0 Å². The Hall–Kier alpha value is -0.920. The molecule has 3 aromatic heterocycles. The third-order valence-electron chi connectivity index (χ3n) is 2.24. The van der Waals surface area contributed by atoms with Gasteiger partial charge in [0.1, 0.15) is 5.03 Å². The second-order valence-corrected chi connectivity index (χ2v) is 6.18. The number of pyridine rings is 2. The molecule has 0 aromatic carbocycles. The van der Waals surface area contributed by atoms with E-state index < -0.39 is 0 Å². The van der Waals surface area contributed by atoms with Crippen LogP contribution in [0.1, 0.15) is 0 Å². The quantitative estimate of drug-likeness (QED) is 0.672. The minimum absolute atomic E-state index is 0.793. The molecule has 0 radical (unpaired) electrons. The molecule has 18 heavy (non-hydrogen) atoms. The van der Waals surface area contributed by atoms with E-state index in [1.165, 1.54) is 11.8 Å². The van der Waals surface area contributed by atoms with Crippen molar-refractivity contribution in [3.8, 4) is 0 Å². The summed E-state index contributed by atoms with van der Waals surface area (Å²) in [4.78, 5) is 4.35. The molecule has 0 aliphatic rings. The number of fused-ring (bicyclic) bond motifs is 1. The first kappa shape index (κ1) is 12.1. The van der Waals surface area contributed by atoms with E-state index in [9.17, 15) is 0 Å². The smallest absolute Gasteiger partial charge is 0.201 e. The van der Waals surface area contributed by atoms with Crippen molar-refractivity contribution in [1.82, 2.24) is 19.6 Å². The van der Waals surface area contributed by atoms with Crippen molar-refractivity contribution in [2.75, 3.05) is 0 Å². The highest BCUT2D eigenvalue weighted by Gasteiger charge is 2.10. The Labute approximate surface area is 124 Å². The van der Waals surface area contributed by atoms with Crippen molar-refractivity contribution >= 4 is 49.3 Å². The molecule has 0 bridgehead atoms. The van der Waals surface area contributed by atoms with Crippen molar-refractivity contribution in [2.45, 2.75) is 10.2 Å². The zero-order valence-electron chi connectivity index (χ0n) is 8.92. The molecule has 0 saturated heterocycles. The van der Waals surface area contributed by atoms with E-state index in [0.29, 0.717) is 0 Å². The number of halogens is 2. The summed E-state index contributed by atoms with van der Waals surface area (Å²) >= 11 is 8.33. The SMILES string of the molecule is Brc1cnc(Sc2nnc3ccccn23)c(Br)c1. The van der Waals surface area contributed by atoms with E-state index in [1.807, 2.05) is 34.9 Å². The molecule has 4 nitrogen and oxygen atoms in total. The molecule has 90 valence electrons. The van der Waals surface area contributed by atoms with Crippen molar-refractivity contribution in [3.05, 3.63) is 45.6 Å². The minimum Gasteiger partial charge on any atom is -0.277 e. The van der Waals surface area contributed by atoms with Gasteiger partial charge in [-0.2, -0.15) is 0 Å². The highest BCUT2D eigenvalue weighted by Crippen LogP contribution is 2.32. The number of aromatic nitrogens is 4. The average molecular weight is 386 g/mol. The summed E-state index contributed by atoms with van der Waals surface area (Å²) in [6.07, 6.45) is 3.70. The Bertz CT molecular complexity index is 713. The summed E-state index contributed by atoms with van der Waals surface area (Å²) in [5.74, 6) is 0. The topological polar surface area (TPSA) is 43.1 Å². The zero-order chi connectivity index (χ0) is 12.5. The largest absolute Gasteiger partial charge is 0.277 e. The fourth-order valence-corrected chi connectivity index (χ4v) is 3.45. The van der Waals surface area contributed by atoms with E-state index >= 15 is 0 Å². The van der Waals surface area contributed by atoms with Crippen LogP contribution in [0.3, 0.4) is 0 Å². The molecular weight excluding hydrogens is 380 g/mol. The second kappa shape index (κ2) is 4.99. The molecule has 0 unspecified atom stereocenters. The molecule has 3 heterocycles. The molecule has 0 spiro atoms. The molecular formula is C11H6Br2N4S. The summed E-state index contributed by atoms with van der Waals surface area (Å²) in [5.41, 5.74) is 0.827. The van der Waals surface area contributed by atoms with Gasteiger partial charge in [0.05, 0.1) is 4.47 Å². The van der Waals surface area contributed by atoms with Crippen LogP contribution in [0, 0.1) is 0 Å². The van der Waals surface area contributed by atoms with Gasteiger partial charge in [0, 0.05) is 16.9 Å². The average Bonchev–Trinajstić information content (AvgIpc) is 2.76. The van der Waals surface area contributed by atoms with Gasteiger partial charge in [-0.3, -0.25) is 4.40 Å². The molecule has 0 atom stereocenters. The molecule has 0 amide bonds. The van der Waals surface area contributed by atoms with E-state index in [1.54, 1.807) is 6.20 Å². The third kappa shape index (κ3) is 2.30. The molecule has 0 fully saturated rings. The maximum absolute atomic E-state index is 4.35. The van der Waals surface area contributed by atoms with Gasteiger partial charge in [0.2, 0.25) is 5.16 Å². The molecule has 0 aliphatic heterocycles. The Morgan fingerprint density at radius 1 is 1.17 bits per heavy atom. The lowest BCUT2D eigenvalue weighted by molar-refractivity contribution is 0.915. The Kier molecular flexibility index (Phi) is 3.36. The zero-order valence-corrected chi connectivity index (χ0v) is 12.9. The second-order valence-electron chi connectivity index (χ2n) is 3.45. The van der Waals surface area contributed by atoms with Crippen molar-refractivity contribution in [1.29, 1.82) is 0 Å². The van der Waals surface area contributed by atoms with E-state index in [4.69, 9.17) is 0 Å². The lowest BCUT2D eigenvalue weighted by atomic mass is 10.5. The Morgan fingerprint density at radius 3 is 2.89 bits per heavy atom. The van der Waals surface area contributed by atoms with Gasteiger partial charge in [-0.05, 0) is 61.8 Å². The Balaban J connectivity index is 2.01. The first-order valence-electron chi connectivity index (χ1n) is 5.03. The fourth-order valence-electron chi connectivity index (χ4n) is 1.45. The summed E-state index contributed by atoms with van der Waals surface area (Å²) < 4.78 is 3.79. The summed E-state index contributed by atoms with van der Waals surface area (Å²) in [7, 11) is 0. The molecule has 3 rings (SSSR count). The van der Waals surface area contributed by atoms with Crippen molar-refractivity contribution in [2.24, 2.45) is 0 Å². The van der Waals surface area contributed by atoms with E-state index in [-0.39, 0.29) is 0 Å². The first-order chi connectivity index (χ1) is 8.74. The fraction of sp³-hybridized carbons (Fsp3) is 0. The van der Waals surface area contributed by atoms with Crippen LogP contribution in [0.5, 0.6) is 0 Å². The number of nitrogens with zero attached hydrogens (tertiary/aromatic N) is 4. The van der Waals surface area contributed by atoms with Crippen LogP contribution in [0.4, 0.5) is 0 Å². The Morgan fingerprint density at radius 2 is 2.06 bits per heavy atom. The van der Waals surface area contributed by atoms with Crippen LogP contribution in [0.25, 0.3) is 5.65 Å². The lowest BCUT2D eigenvalue weighted by Crippen LogP contribution is -1.88. The number of hydrogen-bond acceptors (Lipinski definition) is 4. The standard InChI is InChI=1S/C11H6Br2N4S/c12-7-5-8(13)10(14-6-7)18-11-16-15-9-3-1-2-4-17(9)11/h1-6H. The van der Waals surface area contributed by atoms with Crippen LogP contribution in [-0.4, -0.2) is 19.6 Å². The van der Waals surface area contributed by atoms with Gasteiger partial charge in [0.25, 0.3) is 0 Å². The minimum atomic E-state index is 0.793.